The van der Waals surface area contributed by atoms with Crippen LogP contribution in [0.15, 0.2) is 54.6 Å². The average Bonchev–Trinajstić information content (AvgIpc) is 2.53. The van der Waals surface area contributed by atoms with Gasteiger partial charge in [-0.1, -0.05) is 56.3 Å². The molecule has 0 unspecified atom stereocenters. The van der Waals surface area contributed by atoms with E-state index in [2.05, 4.69) is 55.6 Å². The zero-order chi connectivity index (χ0) is 16.9. The van der Waals surface area contributed by atoms with Crippen LogP contribution in [0.1, 0.15) is 38.8 Å². The molecule has 0 heterocycles. The van der Waals surface area contributed by atoms with Gasteiger partial charge in [0.1, 0.15) is 5.75 Å². The van der Waals surface area contributed by atoms with Crippen molar-refractivity contribution in [2.24, 2.45) is 0 Å². The van der Waals surface area contributed by atoms with E-state index in [1.165, 1.54) is 11.1 Å². The van der Waals surface area contributed by atoms with Crippen molar-refractivity contribution in [3.63, 3.8) is 0 Å². The Kier molecular flexibility index (Phi) is 5.43. The van der Waals surface area contributed by atoms with E-state index in [-0.39, 0.29) is 24.0 Å². The van der Waals surface area contributed by atoms with Gasteiger partial charge in [0.05, 0.1) is 0 Å². The molecule has 0 aliphatic rings. The number of hydrogen-bond donors (Lipinski definition) is 1. The van der Waals surface area contributed by atoms with E-state index in [0.29, 0.717) is 5.75 Å². The van der Waals surface area contributed by atoms with Crippen LogP contribution in [-0.4, -0.2) is 18.6 Å². The molecule has 122 valence electrons. The smallest absolute Gasteiger partial charge is 0.258 e. The highest BCUT2D eigenvalue weighted by Gasteiger charge is 2.22. The van der Waals surface area contributed by atoms with E-state index in [1.807, 2.05) is 32.0 Å². The molecule has 1 amide bonds. The van der Waals surface area contributed by atoms with Gasteiger partial charge in [-0.25, -0.2) is 0 Å². The fourth-order valence-corrected chi connectivity index (χ4v) is 2.50. The molecule has 23 heavy (non-hydrogen) atoms. The highest BCUT2D eigenvalue weighted by atomic mass is 16.5. The molecule has 0 radical (unpaired) electrons. The molecule has 0 saturated carbocycles. The van der Waals surface area contributed by atoms with Gasteiger partial charge in [-0.2, -0.15) is 0 Å². The first-order valence-corrected chi connectivity index (χ1v) is 7.98. The van der Waals surface area contributed by atoms with Gasteiger partial charge in [0.2, 0.25) is 0 Å². The second-order valence-electron chi connectivity index (χ2n) is 6.53. The van der Waals surface area contributed by atoms with E-state index in [4.69, 9.17) is 4.74 Å². The summed E-state index contributed by atoms with van der Waals surface area (Å²) in [6, 6.07) is 18.5. The van der Waals surface area contributed by atoms with Crippen molar-refractivity contribution < 1.29 is 9.53 Å². The summed E-state index contributed by atoms with van der Waals surface area (Å²) in [7, 11) is 0. The van der Waals surface area contributed by atoms with E-state index in [9.17, 15) is 4.79 Å². The lowest BCUT2D eigenvalue weighted by Crippen LogP contribution is -2.34. The molecule has 0 aromatic heterocycles. The van der Waals surface area contributed by atoms with Gasteiger partial charge < -0.3 is 10.1 Å². The van der Waals surface area contributed by atoms with Crippen LogP contribution in [0.3, 0.4) is 0 Å². The maximum Gasteiger partial charge on any atom is 0.258 e. The van der Waals surface area contributed by atoms with Crippen molar-refractivity contribution in [3.05, 3.63) is 65.7 Å². The zero-order valence-corrected chi connectivity index (χ0v) is 14.3. The predicted molar refractivity (Wildman–Crippen MR) is 93.8 cm³/mol. The minimum absolute atomic E-state index is 0.0413. The van der Waals surface area contributed by atoms with Crippen LogP contribution in [0.2, 0.25) is 0 Å². The molecule has 1 N–H and O–H groups in total. The quantitative estimate of drug-likeness (QED) is 0.878. The van der Waals surface area contributed by atoms with Crippen LogP contribution >= 0.6 is 0 Å². The lowest BCUT2D eigenvalue weighted by atomic mass is 9.78. The molecule has 2 aromatic carbocycles. The van der Waals surface area contributed by atoms with Gasteiger partial charge in [-0.05, 0) is 37.1 Å². The summed E-state index contributed by atoms with van der Waals surface area (Å²) < 4.78 is 5.53. The number of carbonyl (C=O) groups is 1. The fourth-order valence-electron chi connectivity index (χ4n) is 2.50. The first-order valence-electron chi connectivity index (χ1n) is 7.98. The summed E-state index contributed by atoms with van der Waals surface area (Å²) in [5.41, 5.74) is 2.40. The average molecular weight is 311 g/mol. The van der Waals surface area contributed by atoms with Gasteiger partial charge in [0.25, 0.3) is 5.91 Å². The highest BCUT2D eigenvalue weighted by Crippen LogP contribution is 2.32. The Morgan fingerprint density at radius 2 is 1.57 bits per heavy atom. The minimum Gasteiger partial charge on any atom is -0.484 e. The fraction of sp³-hybridized carbons (Fsp3) is 0.350. The normalized spacial score (nSPS) is 11.3. The lowest BCUT2D eigenvalue weighted by Gasteiger charge is -2.26. The third-order valence-corrected chi connectivity index (χ3v) is 3.89. The topological polar surface area (TPSA) is 38.3 Å². The second kappa shape index (κ2) is 7.32. The Morgan fingerprint density at radius 1 is 1.00 bits per heavy atom. The summed E-state index contributed by atoms with van der Waals surface area (Å²) in [4.78, 5) is 11.6. The molecule has 0 saturated heterocycles. The Balaban J connectivity index is 2.03. The van der Waals surface area contributed by atoms with Gasteiger partial charge in [0.15, 0.2) is 6.61 Å². The number of rotatable bonds is 6. The molecule has 2 rings (SSSR count). The number of carbonyl (C=O) groups excluding carboxylic acids is 1. The molecular weight excluding hydrogens is 286 g/mol. The molecule has 0 bridgehead atoms. The largest absolute Gasteiger partial charge is 0.484 e. The second-order valence-corrected chi connectivity index (χ2v) is 6.53. The van der Waals surface area contributed by atoms with Gasteiger partial charge in [0, 0.05) is 11.5 Å². The van der Waals surface area contributed by atoms with Crippen LogP contribution in [0.5, 0.6) is 5.75 Å². The third-order valence-electron chi connectivity index (χ3n) is 3.89. The van der Waals surface area contributed by atoms with Crippen molar-refractivity contribution in [1.29, 1.82) is 0 Å². The van der Waals surface area contributed by atoms with Crippen molar-refractivity contribution >= 4 is 5.91 Å². The van der Waals surface area contributed by atoms with Crippen LogP contribution in [0.25, 0.3) is 0 Å². The summed E-state index contributed by atoms with van der Waals surface area (Å²) in [6.45, 7) is 8.30. The zero-order valence-electron chi connectivity index (χ0n) is 14.3. The molecule has 0 aliphatic heterocycles. The van der Waals surface area contributed by atoms with Crippen molar-refractivity contribution in [3.8, 4) is 5.75 Å². The Hall–Kier alpha value is -2.29. The Morgan fingerprint density at radius 3 is 2.13 bits per heavy atom. The maximum atomic E-state index is 11.6. The summed E-state index contributed by atoms with van der Waals surface area (Å²) in [5, 5.41) is 2.81. The van der Waals surface area contributed by atoms with Gasteiger partial charge >= 0.3 is 0 Å². The van der Waals surface area contributed by atoms with Crippen LogP contribution in [-0.2, 0) is 10.2 Å². The predicted octanol–water partition coefficient (Wildman–Crippen LogP) is 3.92. The lowest BCUT2D eigenvalue weighted by molar-refractivity contribution is -0.123. The molecule has 0 fully saturated rings. The van der Waals surface area contributed by atoms with E-state index >= 15 is 0 Å². The Bertz CT molecular complexity index is 630. The molecule has 3 heteroatoms. The molecule has 2 aromatic rings. The third kappa shape index (κ3) is 4.59. The maximum absolute atomic E-state index is 11.6. The summed E-state index contributed by atoms with van der Waals surface area (Å²) >= 11 is 0. The van der Waals surface area contributed by atoms with E-state index < -0.39 is 0 Å². The standard InChI is InChI=1S/C20H25NO2/c1-15(2)21-19(22)14-23-18-12-10-17(11-13-18)20(3,4)16-8-6-5-7-9-16/h5-13,15H,14H2,1-4H3,(H,21,22). The molecular formula is C20H25NO2. The number of amides is 1. The van der Waals surface area contributed by atoms with Gasteiger partial charge in [-0.3, -0.25) is 4.79 Å². The first-order chi connectivity index (χ1) is 10.9. The van der Waals surface area contributed by atoms with Crippen molar-refractivity contribution in [2.75, 3.05) is 6.61 Å². The molecule has 3 nitrogen and oxygen atoms in total. The van der Waals surface area contributed by atoms with Crippen LogP contribution < -0.4 is 10.1 Å². The van der Waals surface area contributed by atoms with Crippen molar-refractivity contribution in [2.45, 2.75) is 39.2 Å². The number of ether oxygens (including phenoxy) is 1. The van der Waals surface area contributed by atoms with Crippen molar-refractivity contribution in [1.82, 2.24) is 5.32 Å². The van der Waals surface area contributed by atoms with Gasteiger partial charge in [-0.15, -0.1) is 0 Å². The SMILES string of the molecule is CC(C)NC(=O)COc1ccc(C(C)(C)c2ccccc2)cc1. The number of nitrogens with one attached hydrogen (secondary N) is 1. The monoisotopic (exact) mass is 311 g/mol. The van der Waals surface area contributed by atoms with Crippen LogP contribution in [0, 0.1) is 0 Å². The minimum atomic E-state index is -0.103. The van der Waals surface area contributed by atoms with Crippen LogP contribution in [0.4, 0.5) is 0 Å². The number of hydrogen-bond acceptors (Lipinski definition) is 2. The molecule has 0 atom stereocenters. The van der Waals surface area contributed by atoms with E-state index in [0.717, 1.165) is 0 Å². The summed E-state index contributed by atoms with van der Waals surface area (Å²) in [6.07, 6.45) is 0. The first kappa shape index (κ1) is 17.1. The number of benzene rings is 2. The molecule has 0 spiro atoms. The summed E-state index contributed by atoms with van der Waals surface area (Å²) in [5.74, 6) is 0.602. The Labute approximate surface area is 138 Å². The highest BCUT2D eigenvalue weighted by molar-refractivity contribution is 5.77. The molecule has 0 aliphatic carbocycles. The van der Waals surface area contributed by atoms with E-state index in [1.54, 1.807) is 0 Å².